The van der Waals surface area contributed by atoms with Crippen molar-refractivity contribution in [3.63, 3.8) is 0 Å². The lowest BCUT2D eigenvalue weighted by atomic mass is 9.81. The van der Waals surface area contributed by atoms with Crippen LogP contribution in [0.15, 0.2) is 23.1 Å². The second-order valence-corrected chi connectivity index (χ2v) is 8.80. The van der Waals surface area contributed by atoms with Gasteiger partial charge in [-0.2, -0.15) is 17.5 Å². The summed E-state index contributed by atoms with van der Waals surface area (Å²) in [5, 5.41) is 9.21. The van der Waals surface area contributed by atoms with Crippen molar-refractivity contribution in [3.05, 3.63) is 28.8 Å². The van der Waals surface area contributed by atoms with E-state index >= 15 is 0 Å². The highest BCUT2D eigenvalue weighted by molar-refractivity contribution is 7.89. The molecule has 1 N–H and O–H groups in total. The summed E-state index contributed by atoms with van der Waals surface area (Å²) in [6, 6.07) is 2.10. The van der Waals surface area contributed by atoms with Gasteiger partial charge in [0.25, 0.3) is 0 Å². The Balaban J connectivity index is 2.00. The maximum absolute atomic E-state index is 12.9. The number of halogens is 4. The molecule has 3 rings (SSSR count). The quantitative estimate of drug-likeness (QED) is 0.849. The highest BCUT2D eigenvalue weighted by Crippen LogP contribution is 2.50. The zero-order valence-electron chi connectivity index (χ0n) is 12.9. The third-order valence-electron chi connectivity index (χ3n) is 5.14. The highest BCUT2D eigenvalue weighted by Gasteiger charge is 2.57. The van der Waals surface area contributed by atoms with Crippen LogP contribution in [0, 0.1) is 11.3 Å². The largest absolute Gasteiger partial charge is 0.481 e. The Kier molecular flexibility index (Phi) is 4.32. The number of carbonyl (C=O) groups is 1. The van der Waals surface area contributed by atoms with Gasteiger partial charge in [-0.25, -0.2) is 8.42 Å². The van der Waals surface area contributed by atoms with Crippen LogP contribution < -0.4 is 0 Å². The highest BCUT2D eigenvalue weighted by atomic mass is 35.5. The fourth-order valence-electron chi connectivity index (χ4n) is 3.79. The Morgan fingerprint density at radius 3 is 2.60 bits per heavy atom. The molecule has 0 radical (unpaired) electrons. The van der Waals surface area contributed by atoms with Crippen LogP contribution in [-0.2, 0) is 21.0 Å². The Hall–Kier alpha value is -1.32. The number of carboxylic acid groups (broad SMARTS) is 1. The lowest BCUT2D eigenvalue weighted by molar-refractivity contribution is -0.149. The van der Waals surface area contributed by atoms with E-state index in [1.54, 1.807) is 0 Å². The third-order valence-corrected chi connectivity index (χ3v) is 7.43. The van der Waals surface area contributed by atoms with Crippen LogP contribution in [0.25, 0.3) is 0 Å². The Bertz CT molecular complexity index is 827. The number of hydrogen-bond acceptors (Lipinski definition) is 3. The van der Waals surface area contributed by atoms with Gasteiger partial charge in [0.1, 0.15) is 4.90 Å². The average Bonchev–Trinajstić information content (AvgIpc) is 3.04. The van der Waals surface area contributed by atoms with Crippen LogP contribution in [0.2, 0.25) is 5.02 Å². The first-order chi connectivity index (χ1) is 11.5. The number of rotatable bonds is 3. The van der Waals surface area contributed by atoms with E-state index in [-0.39, 0.29) is 24.0 Å². The molecule has 10 heteroatoms. The minimum Gasteiger partial charge on any atom is -0.481 e. The van der Waals surface area contributed by atoms with Crippen LogP contribution in [0.1, 0.15) is 24.8 Å². The van der Waals surface area contributed by atoms with E-state index in [4.69, 9.17) is 11.6 Å². The fourth-order valence-corrected chi connectivity index (χ4v) is 5.85. The van der Waals surface area contributed by atoms with Gasteiger partial charge in [0.05, 0.1) is 16.0 Å². The number of benzene rings is 1. The summed E-state index contributed by atoms with van der Waals surface area (Å²) in [7, 11) is -4.33. The first-order valence-electron chi connectivity index (χ1n) is 7.59. The number of hydrogen-bond donors (Lipinski definition) is 1. The van der Waals surface area contributed by atoms with E-state index in [2.05, 4.69) is 0 Å². The predicted molar refractivity (Wildman–Crippen MR) is 82.6 cm³/mol. The van der Waals surface area contributed by atoms with Gasteiger partial charge in [-0.15, -0.1) is 0 Å². The molecule has 1 aromatic rings. The molecule has 5 nitrogen and oxygen atoms in total. The summed E-state index contributed by atoms with van der Waals surface area (Å²) in [6.45, 7) is -0.275. The molecular formula is C15H15ClF3NO4S. The van der Waals surface area contributed by atoms with Gasteiger partial charge in [-0.3, -0.25) is 4.79 Å². The average molecular weight is 398 g/mol. The molecule has 25 heavy (non-hydrogen) atoms. The minimum atomic E-state index is -4.71. The molecule has 1 aromatic carbocycles. The zero-order chi connectivity index (χ0) is 18.6. The molecule has 0 amide bonds. The molecule has 2 aliphatic rings. The summed E-state index contributed by atoms with van der Waals surface area (Å²) < 4.78 is 65.2. The molecule has 2 atom stereocenters. The van der Waals surface area contributed by atoms with Crippen molar-refractivity contribution in [1.82, 2.24) is 4.31 Å². The standard InChI is InChI=1S/C15H15ClF3NO4S/c16-11-4-3-9(15(17,18)19)6-12(11)25(23,24)20-7-10-2-1-5-14(10,8-20)13(21)22/h3-4,6,10H,1-2,5,7-8H2,(H,21,22)/t10-,14+/m0/s1. The summed E-state index contributed by atoms with van der Waals surface area (Å²) >= 11 is 5.84. The molecule has 1 saturated carbocycles. The van der Waals surface area contributed by atoms with Crippen LogP contribution in [0.4, 0.5) is 13.2 Å². The van der Waals surface area contributed by atoms with Crippen LogP contribution >= 0.6 is 11.6 Å². The first-order valence-corrected chi connectivity index (χ1v) is 9.40. The number of alkyl halides is 3. The van der Waals surface area contributed by atoms with E-state index in [1.165, 1.54) is 0 Å². The summed E-state index contributed by atoms with van der Waals surface area (Å²) in [5.74, 6) is -1.41. The van der Waals surface area contributed by atoms with Crippen molar-refractivity contribution < 1.29 is 31.5 Å². The van der Waals surface area contributed by atoms with Crippen molar-refractivity contribution in [2.24, 2.45) is 11.3 Å². The van der Waals surface area contributed by atoms with Gasteiger partial charge >= 0.3 is 12.1 Å². The SMILES string of the molecule is O=C(O)[C@@]12CCC[C@H]1CN(S(=O)(=O)c1cc(C(F)(F)F)ccc1Cl)C2. The first kappa shape index (κ1) is 18.5. The molecule has 0 bridgehead atoms. The van der Waals surface area contributed by atoms with Gasteiger partial charge in [0.2, 0.25) is 10.0 Å². The molecule has 0 unspecified atom stereocenters. The van der Waals surface area contributed by atoms with Crippen LogP contribution in [0.5, 0.6) is 0 Å². The molecule has 0 aromatic heterocycles. The molecule has 1 heterocycles. The predicted octanol–water partition coefficient (Wildman–Crippen LogP) is 3.23. The monoisotopic (exact) mass is 397 g/mol. The second-order valence-electron chi connectivity index (χ2n) is 6.49. The van der Waals surface area contributed by atoms with E-state index in [9.17, 15) is 31.5 Å². The minimum absolute atomic E-state index is 0.0266. The number of sulfonamides is 1. The smallest absolute Gasteiger partial charge is 0.416 e. The molecule has 1 aliphatic heterocycles. The van der Waals surface area contributed by atoms with E-state index in [1.807, 2.05) is 0 Å². The fraction of sp³-hybridized carbons (Fsp3) is 0.533. The van der Waals surface area contributed by atoms with Gasteiger partial charge in [-0.1, -0.05) is 18.0 Å². The van der Waals surface area contributed by atoms with Gasteiger partial charge in [0, 0.05) is 13.1 Å². The van der Waals surface area contributed by atoms with Crippen molar-refractivity contribution in [3.8, 4) is 0 Å². The van der Waals surface area contributed by atoms with Gasteiger partial charge in [-0.05, 0) is 37.0 Å². The Morgan fingerprint density at radius 1 is 1.36 bits per heavy atom. The van der Waals surface area contributed by atoms with E-state index in [0.717, 1.165) is 10.4 Å². The molecule has 138 valence electrons. The maximum atomic E-state index is 12.9. The lowest BCUT2D eigenvalue weighted by Gasteiger charge is -2.23. The van der Waals surface area contributed by atoms with Crippen molar-refractivity contribution in [2.45, 2.75) is 30.3 Å². The number of aliphatic carboxylic acids is 1. The van der Waals surface area contributed by atoms with E-state index < -0.39 is 38.0 Å². The normalized spacial score (nSPS) is 27.4. The number of fused-ring (bicyclic) bond motifs is 1. The number of nitrogens with zero attached hydrogens (tertiary/aromatic N) is 1. The van der Waals surface area contributed by atoms with Gasteiger partial charge in [0.15, 0.2) is 0 Å². The lowest BCUT2D eigenvalue weighted by Crippen LogP contribution is -2.37. The Morgan fingerprint density at radius 2 is 2.04 bits per heavy atom. The van der Waals surface area contributed by atoms with Crippen molar-refractivity contribution >= 4 is 27.6 Å². The van der Waals surface area contributed by atoms with Crippen molar-refractivity contribution in [1.29, 1.82) is 0 Å². The molecule has 2 fully saturated rings. The molecule has 1 saturated heterocycles. The third kappa shape index (κ3) is 2.92. The topological polar surface area (TPSA) is 74.7 Å². The molecule has 0 spiro atoms. The Labute approximate surface area is 147 Å². The van der Waals surface area contributed by atoms with Crippen LogP contribution in [-0.4, -0.2) is 36.9 Å². The summed E-state index contributed by atoms with van der Waals surface area (Å²) in [5.41, 5.74) is -2.29. The molecular weight excluding hydrogens is 383 g/mol. The molecule has 1 aliphatic carbocycles. The van der Waals surface area contributed by atoms with Gasteiger partial charge < -0.3 is 5.11 Å². The number of carboxylic acids is 1. The summed E-state index contributed by atoms with van der Waals surface area (Å²) in [6.07, 6.45) is -3.09. The van der Waals surface area contributed by atoms with Crippen molar-refractivity contribution in [2.75, 3.05) is 13.1 Å². The maximum Gasteiger partial charge on any atom is 0.416 e. The zero-order valence-corrected chi connectivity index (χ0v) is 14.5. The second kappa shape index (κ2) is 5.85. The summed E-state index contributed by atoms with van der Waals surface area (Å²) in [4.78, 5) is 11.0. The van der Waals surface area contributed by atoms with Crippen LogP contribution in [0.3, 0.4) is 0 Å². The van der Waals surface area contributed by atoms with E-state index in [0.29, 0.717) is 31.4 Å².